The van der Waals surface area contributed by atoms with Crippen molar-refractivity contribution in [2.24, 2.45) is 16.1 Å². The van der Waals surface area contributed by atoms with Gasteiger partial charge in [0.2, 0.25) is 5.54 Å². The number of carbonyl (C=O) groups excluding carboxylic acids is 2. The van der Waals surface area contributed by atoms with Crippen LogP contribution < -0.4 is 4.90 Å². The maximum absolute atomic E-state index is 13.4. The van der Waals surface area contributed by atoms with Crippen molar-refractivity contribution >= 4 is 17.6 Å². The summed E-state index contributed by atoms with van der Waals surface area (Å²) in [7, 11) is 1.52. The Morgan fingerprint density at radius 3 is 2.79 bits per heavy atom. The first-order valence-corrected chi connectivity index (χ1v) is 7.69. The first-order valence-electron chi connectivity index (χ1n) is 7.69. The molecule has 6 nitrogen and oxygen atoms in total. The van der Waals surface area contributed by atoms with E-state index in [-0.39, 0.29) is 6.61 Å². The van der Waals surface area contributed by atoms with E-state index in [9.17, 15) is 18.4 Å². The number of anilines is 1. The summed E-state index contributed by atoms with van der Waals surface area (Å²) < 4.78 is 31.9. The van der Waals surface area contributed by atoms with Gasteiger partial charge in [0.1, 0.15) is 12.0 Å². The van der Waals surface area contributed by atoms with Crippen LogP contribution in [-0.2, 0) is 19.9 Å². The first kappa shape index (κ1) is 16.5. The van der Waals surface area contributed by atoms with Gasteiger partial charge in [0.05, 0.1) is 6.61 Å². The molecule has 0 fully saturated rings. The summed E-state index contributed by atoms with van der Waals surface area (Å²) >= 11 is 0. The van der Waals surface area contributed by atoms with Gasteiger partial charge in [-0.15, -0.1) is 0 Å². The number of alkyl halides is 2. The van der Waals surface area contributed by atoms with Crippen LogP contribution in [0.4, 0.5) is 14.5 Å². The predicted octanol–water partition coefficient (Wildman–Crippen LogP) is 2.53. The summed E-state index contributed by atoms with van der Waals surface area (Å²) in [5.41, 5.74) is -0.829. The van der Waals surface area contributed by atoms with Gasteiger partial charge in [0, 0.05) is 18.3 Å². The van der Waals surface area contributed by atoms with Crippen LogP contribution in [0.1, 0.15) is 18.9 Å². The lowest BCUT2D eigenvalue weighted by Gasteiger charge is -2.27. The van der Waals surface area contributed by atoms with Crippen LogP contribution in [0.2, 0.25) is 0 Å². The SMILES string of the molecule is CCCOC(=O)C1C(C(F)F)N=NC12C(=O)N(C)c1ccccc12. The molecular weight excluding hydrogens is 320 g/mol. The lowest BCUT2D eigenvalue weighted by atomic mass is 9.77. The van der Waals surface area contributed by atoms with Crippen molar-refractivity contribution in [3.63, 3.8) is 0 Å². The molecule has 3 unspecified atom stereocenters. The van der Waals surface area contributed by atoms with Gasteiger partial charge in [-0.3, -0.25) is 9.59 Å². The fraction of sp³-hybridized carbons (Fsp3) is 0.500. The smallest absolute Gasteiger partial charge is 0.314 e. The molecule has 0 radical (unpaired) electrons. The molecule has 128 valence electrons. The van der Waals surface area contributed by atoms with E-state index in [2.05, 4.69) is 10.2 Å². The molecule has 1 spiro atoms. The number of hydrogen-bond acceptors (Lipinski definition) is 5. The highest BCUT2D eigenvalue weighted by Crippen LogP contribution is 2.52. The van der Waals surface area contributed by atoms with Crippen LogP contribution in [0, 0.1) is 5.92 Å². The Morgan fingerprint density at radius 2 is 2.12 bits per heavy atom. The van der Waals surface area contributed by atoms with E-state index in [1.165, 1.54) is 11.9 Å². The minimum absolute atomic E-state index is 0.0903. The Kier molecular flexibility index (Phi) is 4.06. The molecule has 1 amide bonds. The van der Waals surface area contributed by atoms with Crippen molar-refractivity contribution in [1.29, 1.82) is 0 Å². The number of carbonyl (C=O) groups is 2. The highest BCUT2D eigenvalue weighted by molar-refractivity contribution is 6.10. The number of amides is 1. The lowest BCUT2D eigenvalue weighted by molar-refractivity contribution is -0.155. The van der Waals surface area contributed by atoms with E-state index in [1.807, 2.05) is 0 Å². The zero-order valence-electron chi connectivity index (χ0n) is 13.3. The highest BCUT2D eigenvalue weighted by atomic mass is 19.3. The van der Waals surface area contributed by atoms with E-state index >= 15 is 0 Å². The van der Waals surface area contributed by atoms with Crippen molar-refractivity contribution in [2.45, 2.75) is 31.4 Å². The number of hydrogen-bond donors (Lipinski definition) is 0. The molecule has 3 atom stereocenters. The van der Waals surface area contributed by atoms with Crippen LogP contribution >= 0.6 is 0 Å². The molecule has 8 heteroatoms. The van der Waals surface area contributed by atoms with Gasteiger partial charge in [0.15, 0.2) is 0 Å². The summed E-state index contributed by atoms with van der Waals surface area (Å²) in [6.45, 7) is 1.88. The minimum atomic E-state index is -2.92. The molecule has 0 saturated carbocycles. The van der Waals surface area contributed by atoms with E-state index < -0.39 is 35.8 Å². The van der Waals surface area contributed by atoms with Gasteiger partial charge in [-0.1, -0.05) is 25.1 Å². The molecule has 0 saturated heterocycles. The number of likely N-dealkylation sites (N-methyl/N-ethyl adjacent to an activating group) is 1. The van der Waals surface area contributed by atoms with Crippen molar-refractivity contribution in [1.82, 2.24) is 0 Å². The molecule has 24 heavy (non-hydrogen) atoms. The number of azo groups is 1. The van der Waals surface area contributed by atoms with Crippen LogP contribution in [-0.4, -0.2) is 38.0 Å². The number of benzene rings is 1. The fourth-order valence-corrected chi connectivity index (χ4v) is 3.30. The van der Waals surface area contributed by atoms with E-state index in [0.717, 1.165) is 0 Å². The monoisotopic (exact) mass is 337 g/mol. The highest BCUT2D eigenvalue weighted by Gasteiger charge is 2.65. The number of fused-ring (bicyclic) bond motifs is 2. The van der Waals surface area contributed by atoms with Gasteiger partial charge in [-0.05, 0) is 12.5 Å². The zero-order valence-corrected chi connectivity index (χ0v) is 13.3. The van der Waals surface area contributed by atoms with Crippen LogP contribution in [0.5, 0.6) is 0 Å². The van der Waals surface area contributed by atoms with E-state index in [0.29, 0.717) is 17.7 Å². The quantitative estimate of drug-likeness (QED) is 0.793. The molecule has 0 aromatic heterocycles. The standard InChI is InChI=1S/C16H17F2N3O3/c1-3-8-24-14(22)11-12(13(17)18)19-20-16(11)9-6-4-5-7-10(9)21(2)15(16)23/h4-7,11-13H,3,8H2,1-2H3. The third kappa shape index (κ3) is 2.12. The van der Waals surface area contributed by atoms with Crippen LogP contribution in [0.25, 0.3) is 0 Å². The molecule has 0 bridgehead atoms. The second-order valence-corrected chi connectivity index (χ2v) is 5.83. The van der Waals surface area contributed by atoms with Crippen LogP contribution in [0.15, 0.2) is 34.5 Å². The molecule has 2 aliphatic rings. The summed E-state index contributed by atoms with van der Waals surface area (Å²) in [5, 5.41) is 7.50. The second kappa shape index (κ2) is 5.92. The Morgan fingerprint density at radius 1 is 1.42 bits per heavy atom. The third-order valence-corrected chi connectivity index (χ3v) is 4.41. The van der Waals surface area contributed by atoms with Gasteiger partial charge >= 0.3 is 5.97 Å². The molecule has 0 N–H and O–H groups in total. The number of nitrogens with zero attached hydrogens (tertiary/aromatic N) is 3. The number of halogens is 2. The Balaban J connectivity index is 2.12. The number of para-hydroxylation sites is 1. The Labute approximate surface area is 137 Å². The largest absolute Gasteiger partial charge is 0.465 e. The second-order valence-electron chi connectivity index (χ2n) is 5.83. The Hall–Kier alpha value is -2.38. The van der Waals surface area contributed by atoms with Gasteiger partial charge in [0.25, 0.3) is 12.3 Å². The van der Waals surface area contributed by atoms with E-state index in [1.54, 1.807) is 31.2 Å². The van der Waals surface area contributed by atoms with Crippen LogP contribution in [0.3, 0.4) is 0 Å². The summed E-state index contributed by atoms with van der Waals surface area (Å²) in [6, 6.07) is 5.00. The average Bonchev–Trinajstić information content (AvgIpc) is 3.08. The average molecular weight is 337 g/mol. The maximum atomic E-state index is 13.4. The summed E-state index contributed by atoms with van der Waals surface area (Å²) in [4.78, 5) is 26.7. The third-order valence-electron chi connectivity index (χ3n) is 4.41. The maximum Gasteiger partial charge on any atom is 0.314 e. The molecule has 1 aromatic carbocycles. The number of ether oxygens (including phenoxy) is 1. The van der Waals surface area contributed by atoms with Crippen molar-refractivity contribution in [2.75, 3.05) is 18.6 Å². The Bertz CT molecular complexity index is 710. The zero-order chi connectivity index (χ0) is 17.5. The lowest BCUT2D eigenvalue weighted by Crippen LogP contribution is -2.49. The molecule has 2 aliphatic heterocycles. The molecule has 3 rings (SSSR count). The van der Waals surface area contributed by atoms with Gasteiger partial charge < -0.3 is 9.64 Å². The fourth-order valence-electron chi connectivity index (χ4n) is 3.30. The topological polar surface area (TPSA) is 71.3 Å². The van der Waals surface area contributed by atoms with Crippen molar-refractivity contribution in [3.8, 4) is 0 Å². The molecular formula is C16H17F2N3O3. The first-order chi connectivity index (χ1) is 11.4. The molecule has 1 aromatic rings. The summed E-state index contributed by atoms with van der Waals surface area (Å²) in [6.07, 6.45) is -2.37. The molecule has 0 aliphatic carbocycles. The molecule has 2 heterocycles. The van der Waals surface area contributed by atoms with Crippen molar-refractivity contribution < 1.29 is 23.1 Å². The predicted molar refractivity (Wildman–Crippen MR) is 80.9 cm³/mol. The van der Waals surface area contributed by atoms with E-state index in [4.69, 9.17) is 4.74 Å². The minimum Gasteiger partial charge on any atom is -0.465 e. The van der Waals surface area contributed by atoms with Gasteiger partial charge in [-0.2, -0.15) is 10.2 Å². The number of rotatable bonds is 4. The normalized spacial score (nSPS) is 28.0. The summed E-state index contributed by atoms with van der Waals surface area (Å²) in [5.74, 6) is -2.89. The van der Waals surface area contributed by atoms with Gasteiger partial charge in [-0.25, -0.2) is 8.78 Å². The number of esters is 1. The van der Waals surface area contributed by atoms with Crippen molar-refractivity contribution in [3.05, 3.63) is 29.8 Å².